The highest BCUT2D eigenvalue weighted by Crippen LogP contribution is 2.45. The third-order valence-corrected chi connectivity index (χ3v) is 14.3. The first kappa shape index (κ1) is 47.8. The zero-order valence-corrected chi connectivity index (χ0v) is 39.6. The van der Waals surface area contributed by atoms with E-state index in [4.69, 9.17) is 24.6 Å². The topological polar surface area (TPSA) is 136 Å². The summed E-state index contributed by atoms with van der Waals surface area (Å²) in [5.74, 6) is -0.403. The molecule has 2 atom stereocenters. The molecule has 0 amide bonds. The quantitative estimate of drug-likeness (QED) is 0.115. The largest absolute Gasteiger partial charge is 0.337 e. The summed E-state index contributed by atoms with van der Waals surface area (Å²) in [6.07, 6.45) is 17.7. The summed E-state index contributed by atoms with van der Waals surface area (Å²) < 4.78 is 50.7. The maximum Gasteiger partial charge on any atom is 0.294 e. The third-order valence-electron chi connectivity index (χ3n) is 13.4. The van der Waals surface area contributed by atoms with E-state index in [1.807, 2.05) is 0 Å². The number of piperidine rings is 2. The number of hydroxylamine groups is 4. The fourth-order valence-corrected chi connectivity index (χ4v) is 11.2. The minimum absolute atomic E-state index is 0.0249. The first-order chi connectivity index (χ1) is 28.7. The molecule has 6 rings (SSSR count). The molecule has 15 heteroatoms. The monoisotopic (exact) mass is 873 g/mol. The van der Waals surface area contributed by atoms with E-state index in [9.17, 15) is 13.0 Å². The summed E-state index contributed by atoms with van der Waals surface area (Å²) in [6.45, 7) is 20.7. The highest BCUT2D eigenvalue weighted by Gasteiger charge is 2.53. The highest BCUT2D eigenvalue weighted by atomic mass is 32.2. The molecule has 2 saturated heterocycles. The van der Waals surface area contributed by atoms with Gasteiger partial charge in [-0.2, -0.15) is 28.4 Å². The Morgan fingerprint density at radius 3 is 1.54 bits per heavy atom. The van der Waals surface area contributed by atoms with Gasteiger partial charge in [0.05, 0.1) is 17.1 Å². The van der Waals surface area contributed by atoms with Crippen molar-refractivity contribution in [2.45, 2.75) is 229 Å². The molecule has 4 aliphatic rings. The van der Waals surface area contributed by atoms with Crippen molar-refractivity contribution in [2.75, 3.05) is 28.2 Å². The summed E-state index contributed by atoms with van der Waals surface area (Å²) in [4.78, 5) is 33.4. The molecule has 3 heterocycles. The minimum atomic E-state index is -4.37. The normalized spacial score (nSPS) is 25.7. The lowest BCUT2D eigenvalue weighted by molar-refractivity contribution is -0.344. The maximum absolute atomic E-state index is 17.3. The molecule has 4 fully saturated rings. The molecule has 2 N–H and O–H groups in total. The van der Waals surface area contributed by atoms with Gasteiger partial charge in [0.25, 0.3) is 10.1 Å². The van der Waals surface area contributed by atoms with Gasteiger partial charge in [-0.25, -0.2) is 4.39 Å². The summed E-state index contributed by atoms with van der Waals surface area (Å²) in [7, 11) is -4.37. The molecule has 2 aliphatic carbocycles. The van der Waals surface area contributed by atoms with Crippen molar-refractivity contribution in [1.82, 2.24) is 25.1 Å². The SMILES string of the molecule is CCCCN(c1nc(Nc2ccc(S(=O)(=O)O)cc2)nc(N(CCCC)C2CC(C)(C)N(OC3CCCCC3)C(C)(F)C2)n1)C1CC(C)(C)N(OC2CCCCC2)C(C)(C)C1. The van der Waals surface area contributed by atoms with Crippen LogP contribution in [0, 0.1) is 0 Å². The molecule has 61 heavy (non-hydrogen) atoms. The van der Waals surface area contributed by atoms with Gasteiger partial charge in [0.1, 0.15) is 0 Å². The van der Waals surface area contributed by atoms with E-state index < -0.39 is 21.4 Å². The van der Waals surface area contributed by atoms with Crippen molar-refractivity contribution in [3.8, 4) is 0 Å². The fraction of sp³-hybridized carbons (Fsp3) is 0.804. The van der Waals surface area contributed by atoms with E-state index in [1.54, 1.807) is 24.1 Å². The molecular formula is C46H77FN8O5S. The predicted molar refractivity (Wildman–Crippen MR) is 241 cm³/mol. The number of nitrogens with one attached hydrogen (secondary N) is 1. The Morgan fingerprint density at radius 2 is 1.11 bits per heavy atom. The number of nitrogens with zero attached hydrogens (tertiary/aromatic N) is 7. The molecule has 2 aliphatic heterocycles. The Bertz CT molecular complexity index is 1710. The van der Waals surface area contributed by atoms with Crippen LogP contribution in [0.25, 0.3) is 0 Å². The summed E-state index contributed by atoms with van der Waals surface area (Å²) >= 11 is 0. The Morgan fingerprint density at radius 1 is 0.689 bits per heavy atom. The van der Waals surface area contributed by atoms with Crippen molar-refractivity contribution in [3.63, 3.8) is 0 Å². The molecule has 13 nitrogen and oxygen atoms in total. The molecule has 1 aromatic heterocycles. The molecule has 0 spiro atoms. The van der Waals surface area contributed by atoms with Gasteiger partial charge in [-0.15, -0.1) is 5.06 Å². The number of alkyl halides is 1. The van der Waals surface area contributed by atoms with Gasteiger partial charge in [0, 0.05) is 53.9 Å². The Hall–Kier alpha value is -2.69. The van der Waals surface area contributed by atoms with Crippen LogP contribution in [0.5, 0.6) is 0 Å². The minimum Gasteiger partial charge on any atom is -0.337 e. The zero-order chi connectivity index (χ0) is 44.2. The van der Waals surface area contributed by atoms with Gasteiger partial charge >= 0.3 is 0 Å². The van der Waals surface area contributed by atoms with E-state index in [-0.39, 0.29) is 46.7 Å². The zero-order valence-electron chi connectivity index (χ0n) is 38.8. The van der Waals surface area contributed by atoms with Crippen LogP contribution >= 0.6 is 0 Å². The fourth-order valence-electron chi connectivity index (χ4n) is 10.8. The first-order valence-corrected chi connectivity index (χ1v) is 24.9. The second kappa shape index (κ2) is 19.6. The lowest BCUT2D eigenvalue weighted by atomic mass is 9.78. The summed E-state index contributed by atoms with van der Waals surface area (Å²) in [5, 5.41) is 7.29. The van der Waals surface area contributed by atoms with Crippen molar-refractivity contribution >= 4 is 33.7 Å². The molecular weight excluding hydrogens is 796 g/mol. The predicted octanol–water partition coefficient (Wildman–Crippen LogP) is 10.6. The van der Waals surface area contributed by atoms with Crippen molar-refractivity contribution in [1.29, 1.82) is 0 Å². The Labute approximate surface area is 366 Å². The molecule has 1 aromatic carbocycles. The first-order valence-electron chi connectivity index (χ1n) is 23.5. The third kappa shape index (κ3) is 11.9. The van der Waals surface area contributed by atoms with E-state index in [0.29, 0.717) is 36.5 Å². The molecule has 2 aromatic rings. The Balaban J connectivity index is 1.39. The molecule has 0 bridgehead atoms. The standard InChI is InChI=1S/C46H77FN8O5S/c1-10-12-28-52(35-30-43(3,4)54(44(5,6)31-35)59-37-20-16-14-17-21-37)41-49-40(48-34-24-26-39(27-25-34)61(56,57)58)50-42(51-41)53(29-13-11-2)36-32-45(7,8)55(46(9,47)33-36)60-38-22-18-15-19-23-38/h24-27,35-38H,10-23,28-33H2,1-9H3,(H,56,57,58)(H,48,49,50,51). The van der Waals surface area contributed by atoms with Gasteiger partial charge in [0.15, 0.2) is 5.79 Å². The van der Waals surface area contributed by atoms with Gasteiger partial charge < -0.3 is 15.1 Å². The summed E-state index contributed by atoms with van der Waals surface area (Å²) in [6, 6.07) is 5.72. The maximum atomic E-state index is 17.3. The number of halogens is 1. The smallest absolute Gasteiger partial charge is 0.294 e. The van der Waals surface area contributed by atoms with Gasteiger partial charge in [-0.05, 0) is 131 Å². The number of anilines is 4. The van der Waals surface area contributed by atoms with Crippen LogP contribution in [-0.4, -0.2) is 97.8 Å². The average Bonchev–Trinajstić information content (AvgIpc) is 3.18. The second-order valence-corrected chi connectivity index (χ2v) is 21.9. The molecule has 0 radical (unpaired) electrons. The number of rotatable bonds is 17. The number of benzene rings is 1. The number of hydrogen-bond donors (Lipinski definition) is 2. The van der Waals surface area contributed by atoms with E-state index in [0.717, 1.165) is 83.6 Å². The summed E-state index contributed by atoms with van der Waals surface area (Å²) in [5.41, 5.74) is -0.620. The second-order valence-electron chi connectivity index (χ2n) is 20.5. The van der Waals surface area contributed by atoms with Crippen molar-refractivity contribution < 1.29 is 27.0 Å². The van der Waals surface area contributed by atoms with Crippen LogP contribution in [0.15, 0.2) is 29.2 Å². The number of unbranched alkanes of at least 4 members (excludes halogenated alkanes) is 2. The lowest BCUT2D eigenvalue weighted by Crippen LogP contribution is -2.65. The van der Waals surface area contributed by atoms with Crippen LogP contribution < -0.4 is 15.1 Å². The lowest BCUT2D eigenvalue weighted by Gasteiger charge is -2.56. The van der Waals surface area contributed by atoms with Crippen LogP contribution in [0.4, 0.5) is 27.9 Å². The molecule has 344 valence electrons. The van der Waals surface area contributed by atoms with Crippen LogP contribution in [0.3, 0.4) is 0 Å². The average molecular weight is 873 g/mol. The molecule has 2 unspecified atom stereocenters. The van der Waals surface area contributed by atoms with Gasteiger partial charge in [0.2, 0.25) is 17.8 Å². The number of hydrogen-bond acceptors (Lipinski definition) is 12. The van der Waals surface area contributed by atoms with Crippen molar-refractivity contribution in [2.24, 2.45) is 0 Å². The van der Waals surface area contributed by atoms with E-state index >= 15 is 4.39 Å². The van der Waals surface area contributed by atoms with Crippen LogP contribution in [0.1, 0.15) is 178 Å². The van der Waals surface area contributed by atoms with E-state index in [2.05, 4.69) is 75.6 Å². The van der Waals surface area contributed by atoms with Gasteiger partial charge in [-0.3, -0.25) is 14.2 Å². The highest BCUT2D eigenvalue weighted by molar-refractivity contribution is 7.85. The van der Waals surface area contributed by atoms with E-state index in [1.165, 1.54) is 37.8 Å². The Kier molecular flexibility index (Phi) is 15.3. The van der Waals surface area contributed by atoms with Gasteiger partial charge in [-0.1, -0.05) is 65.2 Å². The van der Waals surface area contributed by atoms with Crippen LogP contribution in [0.2, 0.25) is 0 Å². The van der Waals surface area contributed by atoms with Crippen LogP contribution in [-0.2, 0) is 19.8 Å². The van der Waals surface area contributed by atoms with Crippen molar-refractivity contribution in [3.05, 3.63) is 24.3 Å². The number of aromatic nitrogens is 3. The molecule has 2 saturated carbocycles.